The molecular formula is C35H45N3O2. The fraction of sp³-hybridized carbons (Fsp3) is 0.400. The van der Waals surface area contributed by atoms with Crippen molar-refractivity contribution in [2.24, 2.45) is 0 Å². The molecular weight excluding hydrogens is 494 g/mol. The van der Waals surface area contributed by atoms with Crippen LogP contribution in [0.4, 0.5) is 5.69 Å². The zero-order valence-electron chi connectivity index (χ0n) is 24.4. The van der Waals surface area contributed by atoms with E-state index in [1.54, 1.807) is 12.1 Å². The predicted molar refractivity (Wildman–Crippen MR) is 168 cm³/mol. The summed E-state index contributed by atoms with van der Waals surface area (Å²) in [5.74, 6) is 0.726. The average Bonchev–Trinajstić information content (AvgIpc) is 3.33. The lowest BCUT2D eigenvalue weighted by atomic mass is 10.0. The molecule has 0 unspecified atom stereocenters. The van der Waals surface area contributed by atoms with Gasteiger partial charge >= 0.3 is 0 Å². The number of hydrogen-bond acceptors (Lipinski definition) is 4. The number of para-hydroxylation sites is 1. The first kappa shape index (κ1) is 29.3. The Morgan fingerprint density at radius 1 is 0.725 bits per heavy atom. The average molecular weight is 540 g/mol. The van der Waals surface area contributed by atoms with Crippen LogP contribution in [0.2, 0.25) is 0 Å². The summed E-state index contributed by atoms with van der Waals surface area (Å²) >= 11 is 0. The van der Waals surface area contributed by atoms with E-state index >= 15 is 0 Å². The normalized spacial score (nSPS) is 11.2. The first-order valence-electron chi connectivity index (χ1n) is 15.0. The van der Waals surface area contributed by atoms with Gasteiger partial charge in [0.2, 0.25) is 0 Å². The van der Waals surface area contributed by atoms with E-state index in [-0.39, 0.29) is 11.5 Å². The molecule has 0 saturated carbocycles. The van der Waals surface area contributed by atoms with E-state index in [0.29, 0.717) is 11.4 Å². The van der Waals surface area contributed by atoms with Crippen LogP contribution in [-0.2, 0) is 6.42 Å². The molecule has 4 rings (SSSR count). The van der Waals surface area contributed by atoms with Gasteiger partial charge in [0.05, 0.1) is 17.0 Å². The van der Waals surface area contributed by atoms with E-state index in [2.05, 4.69) is 52.8 Å². The Kier molecular flexibility index (Phi) is 10.7. The summed E-state index contributed by atoms with van der Waals surface area (Å²) in [7, 11) is 4.09. The fourth-order valence-corrected chi connectivity index (χ4v) is 5.35. The number of rotatable bonds is 15. The Labute approximate surface area is 240 Å². The Morgan fingerprint density at radius 3 is 1.95 bits per heavy atom. The van der Waals surface area contributed by atoms with Crippen molar-refractivity contribution >= 4 is 5.69 Å². The molecule has 4 aromatic rings. The van der Waals surface area contributed by atoms with Gasteiger partial charge in [0.25, 0.3) is 0 Å². The minimum absolute atomic E-state index is 0.0159. The summed E-state index contributed by atoms with van der Waals surface area (Å²) in [5.41, 5.74) is 5.90. The molecule has 0 bridgehead atoms. The third-order valence-corrected chi connectivity index (χ3v) is 7.61. The molecule has 5 heteroatoms. The number of unbranched alkanes of at least 4 members (excludes halogenated alkanes) is 9. The van der Waals surface area contributed by atoms with Crippen LogP contribution in [0.3, 0.4) is 0 Å². The Bertz CT molecular complexity index is 1330. The van der Waals surface area contributed by atoms with Gasteiger partial charge in [0.1, 0.15) is 17.3 Å². The molecule has 0 fully saturated rings. The van der Waals surface area contributed by atoms with Crippen LogP contribution in [0, 0.1) is 0 Å². The molecule has 2 N–H and O–H groups in total. The summed E-state index contributed by atoms with van der Waals surface area (Å²) in [6.45, 7) is 2.27. The predicted octanol–water partition coefficient (Wildman–Crippen LogP) is 9.15. The fourth-order valence-electron chi connectivity index (χ4n) is 5.35. The highest BCUT2D eigenvalue weighted by Crippen LogP contribution is 2.39. The summed E-state index contributed by atoms with van der Waals surface area (Å²) in [6, 6.07) is 23.5. The molecule has 1 aromatic heterocycles. The first-order chi connectivity index (χ1) is 19.5. The molecule has 0 saturated heterocycles. The van der Waals surface area contributed by atoms with Gasteiger partial charge in [-0.1, -0.05) is 95.0 Å². The highest BCUT2D eigenvalue weighted by atomic mass is 16.3. The Hall–Kier alpha value is -3.73. The van der Waals surface area contributed by atoms with Gasteiger partial charge < -0.3 is 15.1 Å². The monoisotopic (exact) mass is 539 g/mol. The molecule has 0 amide bonds. The van der Waals surface area contributed by atoms with Crippen molar-refractivity contribution in [3.05, 3.63) is 78.5 Å². The lowest BCUT2D eigenvalue weighted by Gasteiger charge is -2.16. The highest BCUT2D eigenvalue weighted by molar-refractivity contribution is 5.76. The van der Waals surface area contributed by atoms with E-state index in [0.717, 1.165) is 41.2 Å². The van der Waals surface area contributed by atoms with Crippen molar-refractivity contribution in [1.82, 2.24) is 9.55 Å². The van der Waals surface area contributed by atoms with Gasteiger partial charge in [0.15, 0.2) is 0 Å². The van der Waals surface area contributed by atoms with Gasteiger partial charge in [-0.05, 0) is 49.2 Å². The number of nitrogens with zero attached hydrogens (tertiary/aromatic N) is 3. The van der Waals surface area contributed by atoms with E-state index in [4.69, 9.17) is 4.98 Å². The minimum Gasteiger partial charge on any atom is -0.508 e. The minimum atomic E-state index is 0.0159. The van der Waals surface area contributed by atoms with Gasteiger partial charge in [-0.2, -0.15) is 0 Å². The van der Waals surface area contributed by atoms with E-state index < -0.39 is 0 Å². The van der Waals surface area contributed by atoms with E-state index in [1.807, 2.05) is 32.3 Å². The van der Waals surface area contributed by atoms with Gasteiger partial charge in [0, 0.05) is 37.1 Å². The third-order valence-electron chi connectivity index (χ3n) is 7.61. The molecule has 5 nitrogen and oxygen atoms in total. The molecule has 212 valence electrons. The number of anilines is 1. The molecule has 0 aliphatic carbocycles. The van der Waals surface area contributed by atoms with Gasteiger partial charge in [-0.25, -0.2) is 4.98 Å². The summed E-state index contributed by atoms with van der Waals surface area (Å²) in [6.07, 6.45) is 13.8. The topological polar surface area (TPSA) is 61.5 Å². The molecule has 3 aromatic carbocycles. The molecule has 0 atom stereocenters. The highest BCUT2D eigenvalue weighted by Gasteiger charge is 2.23. The smallest absolute Gasteiger partial charge is 0.149 e. The number of aromatic hydroxyl groups is 2. The van der Waals surface area contributed by atoms with Crippen LogP contribution in [0.25, 0.3) is 28.3 Å². The zero-order valence-corrected chi connectivity index (χ0v) is 24.4. The number of imidazole rings is 1. The molecule has 0 radical (unpaired) electrons. The van der Waals surface area contributed by atoms with Crippen molar-refractivity contribution in [3.63, 3.8) is 0 Å². The molecule has 0 aliphatic heterocycles. The van der Waals surface area contributed by atoms with Crippen LogP contribution in [0.15, 0.2) is 72.8 Å². The molecule has 0 aliphatic rings. The van der Waals surface area contributed by atoms with Crippen LogP contribution in [0.1, 0.15) is 76.8 Å². The van der Waals surface area contributed by atoms with Crippen LogP contribution < -0.4 is 4.90 Å². The van der Waals surface area contributed by atoms with Crippen molar-refractivity contribution in [2.75, 3.05) is 19.0 Å². The van der Waals surface area contributed by atoms with Crippen molar-refractivity contribution < 1.29 is 10.2 Å². The maximum absolute atomic E-state index is 10.8. The maximum atomic E-state index is 10.8. The number of phenolic OH excluding ortho intramolecular Hbond substituents is 2. The molecule has 1 heterocycles. The van der Waals surface area contributed by atoms with Crippen molar-refractivity contribution in [1.29, 1.82) is 0 Å². The third kappa shape index (κ3) is 7.47. The second kappa shape index (κ2) is 14.6. The quantitative estimate of drug-likeness (QED) is 0.148. The summed E-state index contributed by atoms with van der Waals surface area (Å²) in [4.78, 5) is 7.27. The number of benzene rings is 3. The molecule has 40 heavy (non-hydrogen) atoms. The summed E-state index contributed by atoms with van der Waals surface area (Å²) in [5, 5.41) is 20.8. The number of aromatic nitrogens is 2. The van der Waals surface area contributed by atoms with Gasteiger partial charge in [-0.3, -0.25) is 4.57 Å². The summed E-state index contributed by atoms with van der Waals surface area (Å²) < 4.78 is 2.16. The Balaban J connectivity index is 1.65. The van der Waals surface area contributed by atoms with Gasteiger partial charge in [-0.15, -0.1) is 0 Å². The largest absolute Gasteiger partial charge is 0.508 e. The van der Waals surface area contributed by atoms with E-state index in [9.17, 15) is 10.2 Å². The standard InChI is InChI=1S/C35H45N3O2/c1-4-5-6-7-8-9-10-11-12-16-19-32-34(27-20-22-28(23-21-27)37(2)3)38(29-17-14-13-15-18-29)35(36-32)31-25-24-30(39)26-33(31)40/h13-15,17-18,20-26,39-40H,4-12,16,19H2,1-3H3. The first-order valence-corrected chi connectivity index (χ1v) is 15.0. The van der Waals surface area contributed by atoms with Crippen LogP contribution in [-0.4, -0.2) is 33.9 Å². The van der Waals surface area contributed by atoms with Crippen molar-refractivity contribution in [2.45, 2.75) is 77.6 Å². The maximum Gasteiger partial charge on any atom is 0.149 e. The number of aryl methyl sites for hydroxylation is 1. The van der Waals surface area contributed by atoms with Crippen molar-refractivity contribution in [3.8, 4) is 39.8 Å². The molecule has 0 spiro atoms. The van der Waals surface area contributed by atoms with Crippen LogP contribution in [0.5, 0.6) is 11.5 Å². The lowest BCUT2D eigenvalue weighted by molar-refractivity contribution is 0.451. The number of hydrogen-bond donors (Lipinski definition) is 2. The Morgan fingerprint density at radius 2 is 1.35 bits per heavy atom. The number of phenols is 2. The zero-order chi connectivity index (χ0) is 28.3. The SMILES string of the molecule is CCCCCCCCCCCCc1nc(-c2ccc(O)cc2O)n(-c2ccccc2)c1-c1ccc(N(C)C)cc1. The second-order valence-electron chi connectivity index (χ2n) is 11.0. The van der Waals surface area contributed by atoms with E-state index in [1.165, 1.54) is 63.9 Å². The second-order valence-corrected chi connectivity index (χ2v) is 11.0. The van der Waals surface area contributed by atoms with Crippen LogP contribution >= 0.6 is 0 Å². The lowest BCUT2D eigenvalue weighted by Crippen LogP contribution is -2.08.